The van der Waals surface area contributed by atoms with Crippen molar-refractivity contribution in [3.63, 3.8) is 0 Å². The van der Waals surface area contributed by atoms with Crippen LogP contribution in [0.5, 0.6) is 11.6 Å². The van der Waals surface area contributed by atoms with Crippen LogP contribution in [0.2, 0.25) is 0 Å². The van der Waals surface area contributed by atoms with Gasteiger partial charge in [-0.25, -0.2) is 9.97 Å². The van der Waals surface area contributed by atoms with Crippen molar-refractivity contribution in [2.75, 3.05) is 7.11 Å². The summed E-state index contributed by atoms with van der Waals surface area (Å²) >= 11 is 0. The first kappa shape index (κ1) is 13.1. The number of hydrogen-bond donors (Lipinski definition) is 0. The van der Waals surface area contributed by atoms with Crippen LogP contribution in [0.15, 0.2) is 41.3 Å². The number of methoxy groups -OCH3 is 1. The summed E-state index contributed by atoms with van der Waals surface area (Å²) in [5.41, 5.74) is 2.69. The zero-order valence-corrected chi connectivity index (χ0v) is 11.3. The summed E-state index contributed by atoms with van der Waals surface area (Å²) in [6.07, 6.45) is 3.56. The Balaban J connectivity index is 1.84. The lowest BCUT2D eigenvalue weighted by molar-refractivity contribution is 0.111. The van der Waals surface area contributed by atoms with E-state index in [1.54, 1.807) is 0 Å². The lowest BCUT2D eigenvalue weighted by Crippen LogP contribution is -2.00. The molecule has 0 N–H and O–H groups in total. The van der Waals surface area contributed by atoms with Gasteiger partial charge in [0.25, 0.3) is 0 Å². The van der Waals surface area contributed by atoms with Crippen LogP contribution in [0, 0.1) is 0 Å². The highest BCUT2D eigenvalue weighted by Gasteiger charge is 2.09. The normalized spacial score (nSPS) is 10.5. The predicted molar refractivity (Wildman–Crippen MR) is 74.5 cm³/mol. The van der Waals surface area contributed by atoms with Crippen molar-refractivity contribution in [2.24, 2.45) is 0 Å². The first-order valence-electron chi connectivity index (χ1n) is 6.25. The predicted octanol–water partition coefficient (Wildman–Crippen LogP) is 2.62. The van der Waals surface area contributed by atoms with E-state index < -0.39 is 0 Å². The van der Waals surface area contributed by atoms with E-state index in [1.807, 2.05) is 18.2 Å². The maximum absolute atomic E-state index is 11.1. The van der Waals surface area contributed by atoms with E-state index in [-0.39, 0.29) is 6.61 Å². The largest absolute Gasteiger partial charge is 0.486 e. The monoisotopic (exact) mass is 284 g/mol. The molecular weight excluding hydrogens is 272 g/mol. The van der Waals surface area contributed by atoms with Crippen LogP contribution in [-0.4, -0.2) is 23.4 Å². The van der Waals surface area contributed by atoms with Gasteiger partial charge in [-0.15, -0.1) is 0 Å². The third kappa shape index (κ3) is 2.55. The number of oxazole rings is 1. The molecule has 0 spiro atoms. The first-order valence-corrected chi connectivity index (χ1v) is 6.25. The molecule has 0 aliphatic heterocycles. The number of benzene rings is 1. The molecule has 0 saturated heterocycles. The second-order valence-electron chi connectivity index (χ2n) is 4.29. The highest BCUT2D eigenvalue weighted by molar-refractivity contribution is 5.79. The molecule has 0 radical (unpaired) electrons. The van der Waals surface area contributed by atoms with Crippen LogP contribution in [0.3, 0.4) is 0 Å². The van der Waals surface area contributed by atoms with Gasteiger partial charge in [-0.3, -0.25) is 4.79 Å². The number of carbonyl (C=O) groups excluding carboxylic acids is 1. The Morgan fingerprint density at radius 3 is 3.05 bits per heavy atom. The molecule has 21 heavy (non-hydrogen) atoms. The van der Waals surface area contributed by atoms with Crippen molar-refractivity contribution >= 4 is 17.4 Å². The van der Waals surface area contributed by atoms with Gasteiger partial charge in [-0.05, 0) is 6.07 Å². The van der Waals surface area contributed by atoms with E-state index in [2.05, 4.69) is 9.97 Å². The molecule has 0 amide bonds. The minimum absolute atomic E-state index is 0.263. The molecule has 3 rings (SSSR count). The summed E-state index contributed by atoms with van der Waals surface area (Å²) in [7, 11) is 1.49. The van der Waals surface area contributed by atoms with Gasteiger partial charge >= 0.3 is 0 Å². The molecule has 2 heterocycles. The molecular formula is C15H12N2O4. The molecule has 0 saturated carbocycles. The molecule has 0 aliphatic rings. The Kier molecular flexibility index (Phi) is 3.51. The van der Waals surface area contributed by atoms with Gasteiger partial charge in [-0.2, -0.15) is 0 Å². The number of aromatic nitrogens is 2. The SMILES string of the molecule is COc1cc(C=O)c(OCc2cccc3ocnc23)cn1. The Morgan fingerprint density at radius 1 is 1.33 bits per heavy atom. The number of ether oxygens (including phenoxy) is 2. The number of fused-ring (bicyclic) bond motifs is 1. The van der Waals surface area contributed by atoms with E-state index in [1.165, 1.54) is 25.8 Å². The number of para-hydroxylation sites is 1. The van der Waals surface area contributed by atoms with Gasteiger partial charge in [-0.1, -0.05) is 12.1 Å². The van der Waals surface area contributed by atoms with Gasteiger partial charge in [0.15, 0.2) is 18.3 Å². The molecule has 6 heteroatoms. The van der Waals surface area contributed by atoms with Crippen molar-refractivity contribution in [3.05, 3.63) is 48.0 Å². The molecule has 3 aromatic rings. The van der Waals surface area contributed by atoms with Crippen molar-refractivity contribution < 1.29 is 18.7 Å². The van der Waals surface area contributed by atoms with Crippen LogP contribution >= 0.6 is 0 Å². The van der Waals surface area contributed by atoms with Gasteiger partial charge in [0.1, 0.15) is 17.9 Å². The van der Waals surface area contributed by atoms with E-state index in [9.17, 15) is 4.79 Å². The van der Waals surface area contributed by atoms with Crippen LogP contribution in [-0.2, 0) is 6.61 Å². The third-order valence-electron chi connectivity index (χ3n) is 3.04. The van der Waals surface area contributed by atoms with Crippen molar-refractivity contribution in [1.82, 2.24) is 9.97 Å². The van der Waals surface area contributed by atoms with Crippen LogP contribution < -0.4 is 9.47 Å². The number of pyridine rings is 1. The minimum atomic E-state index is 0.263. The summed E-state index contributed by atoms with van der Waals surface area (Å²) in [4.78, 5) is 19.3. The molecule has 106 valence electrons. The summed E-state index contributed by atoms with van der Waals surface area (Å²) in [6, 6.07) is 7.11. The number of carbonyl (C=O) groups is 1. The fourth-order valence-corrected chi connectivity index (χ4v) is 1.98. The summed E-state index contributed by atoms with van der Waals surface area (Å²) in [5, 5.41) is 0. The summed E-state index contributed by atoms with van der Waals surface area (Å²) < 4.78 is 15.9. The van der Waals surface area contributed by atoms with E-state index in [4.69, 9.17) is 13.9 Å². The molecule has 0 aliphatic carbocycles. The highest BCUT2D eigenvalue weighted by Crippen LogP contribution is 2.23. The standard InChI is InChI=1S/C15H12N2O4/c1-19-14-5-11(7-18)13(6-16-14)20-8-10-3-2-4-12-15(10)17-9-21-12/h2-7,9H,8H2,1H3. The molecule has 6 nitrogen and oxygen atoms in total. The van der Waals surface area contributed by atoms with Crippen molar-refractivity contribution in [1.29, 1.82) is 0 Å². The minimum Gasteiger partial charge on any atom is -0.486 e. The summed E-state index contributed by atoms with van der Waals surface area (Å²) in [6.45, 7) is 0.263. The Labute approximate surface area is 120 Å². The zero-order valence-electron chi connectivity index (χ0n) is 11.3. The van der Waals surface area contributed by atoms with E-state index >= 15 is 0 Å². The molecule has 0 bridgehead atoms. The number of nitrogens with zero attached hydrogens (tertiary/aromatic N) is 2. The van der Waals surface area contributed by atoms with E-state index in [0.29, 0.717) is 29.1 Å². The van der Waals surface area contributed by atoms with Crippen molar-refractivity contribution in [3.8, 4) is 11.6 Å². The van der Waals surface area contributed by atoms with Crippen LogP contribution in [0.1, 0.15) is 15.9 Å². The average Bonchev–Trinajstić information content (AvgIpc) is 3.01. The lowest BCUT2D eigenvalue weighted by atomic mass is 10.2. The van der Waals surface area contributed by atoms with Crippen LogP contribution in [0.4, 0.5) is 0 Å². The number of hydrogen-bond acceptors (Lipinski definition) is 6. The highest BCUT2D eigenvalue weighted by atomic mass is 16.5. The molecule has 1 aromatic carbocycles. The zero-order chi connectivity index (χ0) is 14.7. The number of aldehydes is 1. The second kappa shape index (κ2) is 5.62. The molecule has 0 unspecified atom stereocenters. The van der Waals surface area contributed by atoms with Crippen LogP contribution in [0.25, 0.3) is 11.1 Å². The maximum atomic E-state index is 11.1. The topological polar surface area (TPSA) is 74.5 Å². The summed E-state index contributed by atoms with van der Waals surface area (Å²) in [5.74, 6) is 0.759. The fourth-order valence-electron chi connectivity index (χ4n) is 1.98. The first-order chi connectivity index (χ1) is 10.3. The maximum Gasteiger partial charge on any atom is 0.213 e. The fraction of sp³-hybridized carbons (Fsp3) is 0.133. The smallest absolute Gasteiger partial charge is 0.213 e. The molecule has 0 atom stereocenters. The Morgan fingerprint density at radius 2 is 2.24 bits per heavy atom. The molecule has 0 fully saturated rings. The number of rotatable bonds is 5. The Bertz CT molecular complexity index is 782. The van der Waals surface area contributed by atoms with E-state index in [0.717, 1.165) is 11.1 Å². The average molecular weight is 284 g/mol. The van der Waals surface area contributed by atoms with Gasteiger partial charge in [0, 0.05) is 11.6 Å². The molecule has 2 aromatic heterocycles. The van der Waals surface area contributed by atoms with Gasteiger partial charge in [0.05, 0.1) is 18.9 Å². The Hall–Kier alpha value is -2.89. The quantitative estimate of drug-likeness (QED) is 0.670. The lowest BCUT2D eigenvalue weighted by Gasteiger charge is -2.09. The second-order valence-corrected chi connectivity index (χ2v) is 4.29. The third-order valence-corrected chi connectivity index (χ3v) is 3.04. The van der Waals surface area contributed by atoms with Gasteiger partial charge in [0.2, 0.25) is 5.88 Å². The van der Waals surface area contributed by atoms with Crippen molar-refractivity contribution in [2.45, 2.75) is 6.61 Å². The van der Waals surface area contributed by atoms with Gasteiger partial charge < -0.3 is 13.9 Å².